The minimum atomic E-state index is -1.46. The summed E-state index contributed by atoms with van der Waals surface area (Å²) in [6.45, 7) is 1.97. The number of carbonyl (C=O) groups excluding carboxylic acids is 1. The van der Waals surface area contributed by atoms with Crippen molar-refractivity contribution in [1.29, 1.82) is 0 Å². The molecule has 0 unspecified atom stereocenters. The maximum Gasteiger partial charge on any atom is 0.326 e. The van der Waals surface area contributed by atoms with Crippen molar-refractivity contribution in [3.63, 3.8) is 0 Å². The highest BCUT2D eigenvalue weighted by Gasteiger charge is 2.22. The number of aliphatic carboxylic acids is 2. The van der Waals surface area contributed by atoms with Crippen LogP contribution in [0.3, 0.4) is 0 Å². The Bertz CT molecular complexity index is 487. The Kier molecular flexibility index (Phi) is 5.24. The SMILES string of the molecule is Cc1nc(CNC(=O)N[C@@H](CC(=O)O)C(=O)O)cs1. The molecule has 0 bridgehead atoms. The number of thiazole rings is 1. The van der Waals surface area contributed by atoms with Gasteiger partial charge in [-0.3, -0.25) is 4.79 Å². The zero-order chi connectivity index (χ0) is 14.4. The van der Waals surface area contributed by atoms with Crippen LogP contribution in [0.25, 0.3) is 0 Å². The molecule has 8 nitrogen and oxygen atoms in total. The number of urea groups is 1. The average Bonchev–Trinajstić information content (AvgIpc) is 2.71. The number of rotatable bonds is 6. The van der Waals surface area contributed by atoms with Gasteiger partial charge in [-0.1, -0.05) is 0 Å². The van der Waals surface area contributed by atoms with E-state index in [0.717, 1.165) is 5.01 Å². The van der Waals surface area contributed by atoms with Crippen molar-refractivity contribution in [2.45, 2.75) is 25.9 Å². The van der Waals surface area contributed by atoms with Crippen molar-refractivity contribution >= 4 is 29.3 Å². The van der Waals surface area contributed by atoms with Crippen molar-refractivity contribution in [2.75, 3.05) is 0 Å². The normalized spacial score (nSPS) is 11.6. The summed E-state index contributed by atoms with van der Waals surface area (Å²) >= 11 is 1.43. The zero-order valence-electron chi connectivity index (χ0n) is 10.0. The first-order valence-electron chi connectivity index (χ1n) is 5.28. The number of carboxylic acids is 2. The van der Waals surface area contributed by atoms with Crippen LogP contribution in [0.5, 0.6) is 0 Å². The van der Waals surface area contributed by atoms with E-state index in [9.17, 15) is 14.4 Å². The maximum atomic E-state index is 11.4. The number of carbonyl (C=O) groups is 3. The van der Waals surface area contributed by atoms with Gasteiger partial charge in [0, 0.05) is 5.38 Å². The third-order valence-corrected chi connectivity index (χ3v) is 2.90. The fourth-order valence-electron chi connectivity index (χ4n) is 1.24. The van der Waals surface area contributed by atoms with E-state index >= 15 is 0 Å². The zero-order valence-corrected chi connectivity index (χ0v) is 10.9. The standard InChI is InChI=1S/C10H13N3O5S/c1-5-12-6(4-19-5)3-11-10(18)13-7(9(16)17)2-8(14)15/h4,7H,2-3H2,1H3,(H,14,15)(H,16,17)(H2,11,13,18)/t7-/m0/s1. The molecule has 0 saturated carbocycles. The number of hydrogen-bond donors (Lipinski definition) is 4. The smallest absolute Gasteiger partial charge is 0.326 e. The second kappa shape index (κ2) is 6.69. The van der Waals surface area contributed by atoms with Crippen molar-refractivity contribution in [3.05, 3.63) is 16.1 Å². The van der Waals surface area contributed by atoms with Gasteiger partial charge in [-0.25, -0.2) is 14.6 Å². The van der Waals surface area contributed by atoms with Crippen LogP contribution in [0.1, 0.15) is 17.1 Å². The summed E-state index contributed by atoms with van der Waals surface area (Å²) < 4.78 is 0. The minimum absolute atomic E-state index is 0.148. The molecule has 104 valence electrons. The molecule has 1 atom stereocenters. The van der Waals surface area contributed by atoms with Gasteiger partial charge in [0.2, 0.25) is 0 Å². The number of nitrogens with zero attached hydrogens (tertiary/aromatic N) is 1. The van der Waals surface area contributed by atoms with Crippen LogP contribution in [0.15, 0.2) is 5.38 Å². The van der Waals surface area contributed by atoms with E-state index in [0.29, 0.717) is 5.69 Å². The van der Waals surface area contributed by atoms with Crippen molar-refractivity contribution in [3.8, 4) is 0 Å². The second-order valence-corrected chi connectivity index (χ2v) is 4.74. The first kappa shape index (κ1) is 14.9. The molecule has 1 rings (SSSR count). The van der Waals surface area contributed by atoms with Crippen LogP contribution in [-0.4, -0.2) is 39.2 Å². The highest BCUT2D eigenvalue weighted by atomic mass is 32.1. The summed E-state index contributed by atoms with van der Waals surface area (Å²) in [5.41, 5.74) is 0.655. The maximum absolute atomic E-state index is 11.4. The van der Waals surface area contributed by atoms with Gasteiger partial charge in [0.1, 0.15) is 6.04 Å². The summed E-state index contributed by atoms with van der Waals surface area (Å²) in [5.74, 6) is -2.70. The van der Waals surface area contributed by atoms with E-state index in [-0.39, 0.29) is 6.54 Å². The molecule has 4 N–H and O–H groups in total. The fourth-order valence-corrected chi connectivity index (χ4v) is 1.86. The van der Waals surface area contributed by atoms with Gasteiger partial charge < -0.3 is 20.8 Å². The number of carboxylic acid groups (broad SMARTS) is 2. The summed E-state index contributed by atoms with van der Waals surface area (Å²) in [7, 11) is 0. The third kappa shape index (κ3) is 5.34. The molecule has 1 heterocycles. The highest BCUT2D eigenvalue weighted by Crippen LogP contribution is 2.07. The lowest BCUT2D eigenvalue weighted by Crippen LogP contribution is -2.46. The Hall–Kier alpha value is -2.16. The molecule has 0 aliphatic heterocycles. The van der Waals surface area contributed by atoms with Gasteiger partial charge >= 0.3 is 18.0 Å². The van der Waals surface area contributed by atoms with Crippen LogP contribution >= 0.6 is 11.3 Å². The summed E-state index contributed by atoms with van der Waals surface area (Å²) in [6.07, 6.45) is -0.682. The van der Waals surface area contributed by atoms with Crippen molar-refractivity contribution in [1.82, 2.24) is 15.6 Å². The van der Waals surface area contributed by atoms with Crippen LogP contribution in [-0.2, 0) is 16.1 Å². The van der Waals surface area contributed by atoms with E-state index in [1.165, 1.54) is 11.3 Å². The lowest BCUT2D eigenvalue weighted by Gasteiger charge is -2.12. The molecule has 0 saturated heterocycles. The van der Waals surface area contributed by atoms with Gasteiger partial charge in [0.25, 0.3) is 0 Å². The van der Waals surface area contributed by atoms with Gasteiger partial charge in [0.15, 0.2) is 0 Å². The van der Waals surface area contributed by atoms with E-state index in [1.54, 1.807) is 5.38 Å². The molecule has 1 aromatic rings. The molecule has 1 aromatic heterocycles. The number of nitrogens with one attached hydrogen (secondary N) is 2. The van der Waals surface area contributed by atoms with E-state index < -0.39 is 30.4 Å². The Morgan fingerprint density at radius 3 is 2.58 bits per heavy atom. The molecule has 19 heavy (non-hydrogen) atoms. The molecule has 0 spiro atoms. The molecular formula is C10H13N3O5S. The first-order chi connectivity index (χ1) is 8.88. The molecule has 0 aromatic carbocycles. The molecule has 9 heteroatoms. The van der Waals surface area contributed by atoms with E-state index in [2.05, 4.69) is 15.6 Å². The van der Waals surface area contributed by atoms with Crippen LogP contribution < -0.4 is 10.6 Å². The molecule has 0 fully saturated rings. The summed E-state index contributed by atoms with van der Waals surface area (Å²) in [5, 5.41) is 24.4. The van der Waals surface area contributed by atoms with Crippen LogP contribution in [0.4, 0.5) is 4.79 Å². The van der Waals surface area contributed by atoms with Crippen LogP contribution in [0, 0.1) is 6.92 Å². The molecule has 0 aliphatic rings. The summed E-state index contributed by atoms with van der Waals surface area (Å²) in [4.78, 5) is 36.7. The van der Waals surface area contributed by atoms with Crippen molar-refractivity contribution in [2.24, 2.45) is 0 Å². The monoisotopic (exact) mass is 287 g/mol. The Labute approximate surface area is 112 Å². The predicted molar refractivity (Wildman–Crippen MR) is 65.9 cm³/mol. The Morgan fingerprint density at radius 1 is 1.42 bits per heavy atom. The Balaban J connectivity index is 2.44. The van der Waals surface area contributed by atoms with Gasteiger partial charge in [-0.2, -0.15) is 0 Å². The number of amides is 2. The quantitative estimate of drug-likeness (QED) is 0.590. The second-order valence-electron chi connectivity index (χ2n) is 3.67. The summed E-state index contributed by atoms with van der Waals surface area (Å²) in [6, 6.07) is -2.21. The largest absolute Gasteiger partial charge is 0.481 e. The molecular weight excluding hydrogens is 274 g/mol. The van der Waals surface area contributed by atoms with Gasteiger partial charge in [0.05, 0.1) is 23.7 Å². The third-order valence-electron chi connectivity index (χ3n) is 2.08. The topological polar surface area (TPSA) is 129 Å². The minimum Gasteiger partial charge on any atom is -0.481 e. The van der Waals surface area contributed by atoms with E-state index in [4.69, 9.17) is 10.2 Å². The van der Waals surface area contributed by atoms with Gasteiger partial charge in [-0.05, 0) is 6.92 Å². The lowest BCUT2D eigenvalue weighted by molar-refractivity contribution is -0.145. The Morgan fingerprint density at radius 2 is 2.11 bits per heavy atom. The first-order valence-corrected chi connectivity index (χ1v) is 6.16. The number of aryl methyl sites for hydroxylation is 1. The lowest BCUT2D eigenvalue weighted by atomic mass is 10.2. The number of hydrogen-bond acceptors (Lipinski definition) is 5. The molecule has 0 aliphatic carbocycles. The highest BCUT2D eigenvalue weighted by molar-refractivity contribution is 7.09. The average molecular weight is 287 g/mol. The fraction of sp³-hybridized carbons (Fsp3) is 0.400. The predicted octanol–water partition coefficient (Wildman–Crippen LogP) is 0.179. The van der Waals surface area contributed by atoms with Crippen LogP contribution in [0.2, 0.25) is 0 Å². The number of aromatic nitrogens is 1. The van der Waals surface area contributed by atoms with Gasteiger partial charge in [-0.15, -0.1) is 11.3 Å². The van der Waals surface area contributed by atoms with E-state index in [1.807, 2.05) is 6.92 Å². The molecule has 2 amide bonds. The molecule has 0 radical (unpaired) electrons. The van der Waals surface area contributed by atoms with Crippen molar-refractivity contribution < 1.29 is 24.6 Å².